The van der Waals surface area contributed by atoms with Crippen LogP contribution in [0.25, 0.3) is 10.9 Å². The van der Waals surface area contributed by atoms with Gasteiger partial charge >= 0.3 is 0 Å². The molecule has 1 aromatic heterocycles. The Morgan fingerprint density at radius 3 is 2.67 bits per heavy atom. The monoisotopic (exact) mass is 480 g/mol. The summed E-state index contributed by atoms with van der Waals surface area (Å²) < 4.78 is 11.5. The molecule has 5 rings (SSSR count). The molecule has 36 heavy (non-hydrogen) atoms. The molecule has 0 bridgehead atoms. The SMILES string of the molecule is COc1ccccc1Oc1ccc(Nc2ncnc3ccc(C#CC4(O)CCCNC4)cc23)cc1C. The number of hydrogen-bond donors (Lipinski definition) is 3. The highest BCUT2D eigenvalue weighted by atomic mass is 16.5. The highest BCUT2D eigenvalue weighted by Crippen LogP contribution is 2.34. The third kappa shape index (κ3) is 5.25. The zero-order valence-corrected chi connectivity index (χ0v) is 20.3. The third-order valence-electron chi connectivity index (χ3n) is 6.16. The quantitative estimate of drug-likeness (QED) is 0.348. The second-order valence-electron chi connectivity index (χ2n) is 8.87. The molecule has 182 valence electrons. The predicted octanol–water partition coefficient (Wildman–Crippen LogP) is 4.95. The van der Waals surface area contributed by atoms with Gasteiger partial charge in [-0.25, -0.2) is 9.97 Å². The number of aromatic nitrogens is 2. The van der Waals surface area contributed by atoms with Crippen molar-refractivity contribution in [2.75, 3.05) is 25.5 Å². The summed E-state index contributed by atoms with van der Waals surface area (Å²) in [6.07, 6.45) is 3.12. The number of nitrogens with zero attached hydrogens (tertiary/aromatic N) is 2. The molecule has 1 saturated heterocycles. The van der Waals surface area contributed by atoms with Gasteiger partial charge in [0.05, 0.1) is 12.6 Å². The molecule has 7 heteroatoms. The summed E-state index contributed by atoms with van der Waals surface area (Å²) in [5.74, 6) is 8.95. The van der Waals surface area contributed by atoms with Crippen molar-refractivity contribution in [2.45, 2.75) is 25.4 Å². The number of ether oxygens (including phenoxy) is 2. The van der Waals surface area contributed by atoms with Crippen LogP contribution in [0.1, 0.15) is 24.0 Å². The Balaban J connectivity index is 1.39. The zero-order chi connectivity index (χ0) is 25.0. The van der Waals surface area contributed by atoms with Crippen LogP contribution in [-0.2, 0) is 0 Å². The van der Waals surface area contributed by atoms with Gasteiger partial charge in [-0.1, -0.05) is 24.0 Å². The number of benzene rings is 3. The number of rotatable bonds is 5. The second kappa shape index (κ2) is 10.2. The Kier molecular flexibility index (Phi) is 6.72. The Bertz CT molecular complexity index is 1450. The number of aryl methyl sites for hydroxylation is 1. The molecule has 0 amide bonds. The lowest BCUT2D eigenvalue weighted by atomic mass is 9.94. The van der Waals surface area contributed by atoms with E-state index < -0.39 is 5.60 Å². The van der Waals surface area contributed by atoms with Crippen LogP contribution < -0.4 is 20.1 Å². The first kappa shape index (κ1) is 23.6. The molecule has 0 spiro atoms. The summed E-state index contributed by atoms with van der Waals surface area (Å²) >= 11 is 0. The summed E-state index contributed by atoms with van der Waals surface area (Å²) in [7, 11) is 1.63. The van der Waals surface area contributed by atoms with Crippen molar-refractivity contribution < 1.29 is 14.6 Å². The van der Waals surface area contributed by atoms with Gasteiger partial charge in [-0.15, -0.1) is 0 Å². The number of anilines is 2. The van der Waals surface area contributed by atoms with Crippen molar-refractivity contribution in [3.05, 3.63) is 78.1 Å². The molecule has 2 heterocycles. The maximum atomic E-state index is 10.7. The molecule has 1 aliphatic heterocycles. The van der Waals surface area contributed by atoms with E-state index in [9.17, 15) is 5.11 Å². The average molecular weight is 481 g/mol. The number of hydrogen-bond acceptors (Lipinski definition) is 7. The van der Waals surface area contributed by atoms with E-state index in [1.807, 2.05) is 67.6 Å². The fourth-order valence-electron chi connectivity index (χ4n) is 4.22. The number of para-hydroxylation sites is 2. The molecule has 3 N–H and O–H groups in total. The molecule has 3 aromatic carbocycles. The number of methoxy groups -OCH3 is 1. The molecule has 1 aliphatic rings. The van der Waals surface area contributed by atoms with Crippen LogP contribution in [0.3, 0.4) is 0 Å². The molecule has 1 unspecified atom stereocenters. The smallest absolute Gasteiger partial charge is 0.169 e. The third-order valence-corrected chi connectivity index (χ3v) is 6.16. The maximum Gasteiger partial charge on any atom is 0.169 e. The maximum absolute atomic E-state index is 10.7. The number of β-amino-alcohol motifs (C(OH)–C–C–N with tert-alkyl or cyclic N) is 1. The number of fused-ring (bicyclic) bond motifs is 1. The van der Waals surface area contributed by atoms with E-state index in [1.165, 1.54) is 0 Å². The largest absolute Gasteiger partial charge is 0.493 e. The van der Waals surface area contributed by atoms with E-state index in [4.69, 9.17) is 9.47 Å². The van der Waals surface area contributed by atoms with Crippen LogP contribution in [0.2, 0.25) is 0 Å². The van der Waals surface area contributed by atoms with Gasteiger partial charge in [-0.05, 0) is 80.4 Å². The zero-order valence-electron chi connectivity index (χ0n) is 20.3. The Morgan fingerprint density at radius 2 is 1.89 bits per heavy atom. The molecule has 7 nitrogen and oxygen atoms in total. The Morgan fingerprint density at radius 1 is 1.03 bits per heavy atom. The number of aliphatic hydroxyl groups is 1. The molecule has 4 aromatic rings. The fourth-order valence-corrected chi connectivity index (χ4v) is 4.22. The average Bonchev–Trinajstić information content (AvgIpc) is 2.90. The molecule has 0 aliphatic carbocycles. The van der Waals surface area contributed by atoms with Gasteiger partial charge in [0.15, 0.2) is 11.5 Å². The van der Waals surface area contributed by atoms with E-state index in [1.54, 1.807) is 13.4 Å². The van der Waals surface area contributed by atoms with Crippen LogP contribution in [0.15, 0.2) is 67.0 Å². The molecule has 1 fully saturated rings. The fraction of sp³-hybridized carbons (Fsp3) is 0.241. The van der Waals surface area contributed by atoms with Crippen LogP contribution in [-0.4, -0.2) is 40.9 Å². The first-order chi connectivity index (χ1) is 17.5. The van der Waals surface area contributed by atoms with Crippen molar-refractivity contribution in [1.29, 1.82) is 0 Å². The van der Waals surface area contributed by atoms with E-state index >= 15 is 0 Å². The van der Waals surface area contributed by atoms with Crippen LogP contribution in [0.4, 0.5) is 11.5 Å². The predicted molar refractivity (Wildman–Crippen MR) is 141 cm³/mol. The topological polar surface area (TPSA) is 88.5 Å². The summed E-state index contributed by atoms with van der Waals surface area (Å²) in [4.78, 5) is 8.86. The molecule has 1 atom stereocenters. The van der Waals surface area contributed by atoms with E-state index in [0.717, 1.165) is 46.4 Å². The second-order valence-corrected chi connectivity index (χ2v) is 8.87. The number of nitrogens with one attached hydrogen (secondary N) is 2. The summed E-state index contributed by atoms with van der Waals surface area (Å²) in [6, 6.07) is 19.2. The highest BCUT2D eigenvalue weighted by Gasteiger charge is 2.26. The Hall–Kier alpha value is -4.12. The normalized spacial score (nSPS) is 17.2. The lowest BCUT2D eigenvalue weighted by Gasteiger charge is -2.27. The van der Waals surface area contributed by atoms with Gasteiger partial charge in [0.25, 0.3) is 0 Å². The summed E-state index contributed by atoms with van der Waals surface area (Å²) in [5, 5.41) is 18.1. The number of piperidine rings is 1. The minimum Gasteiger partial charge on any atom is -0.493 e. The first-order valence-electron chi connectivity index (χ1n) is 11.9. The molecule has 0 radical (unpaired) electrons. The van der Waals surface area contributed by atoms with Gasteiger partial charge in [0, 0.05) is 23.2 Å². The Labute approximate surface area is 210 Å². The van der Waals surface area contributed by atoms with Crippen molar-refractivity contribution in [2.24, 2.45) is 0 Å². The molecular formula is C29H28N4O3. The van der Waals surface area contributed by atoms with Crippen LogP contribution in [0, 0.1) is 18.8 Å². The van der Waals surface area contributed by atoms with Gasteiger partial charge < -0.3 is 25.2 Å². The highest BCUT2D eigenvalue weighted by molar-refractivity contribution is 5.91. The molecule has 0 saturated carbocycles. The van der Waals surface area contributed by atoms with Gasteiger partial charge in [0.2, 0.25) is 0 Å². The summed E-state index contributed by atoms with van der Waals surface area (Å²) in [5.41, 5.74) is 2.45. The minimum atomic E-state index is -0.993. The minimum absolute atomic E-state index is 0.486. The van der Waals surface area contributed by atoms with Gasteiger partial charge in [0.1, 0.15) is 23.5 Å². The van der Waals surface area contributed by atoms with Gasteiger partial charge in [-0.3, -0.25) is 0 Å². The van der Waals surface area contributed by atoms with Gasteiger partial charge in [-0.2, -0.15) is 0 Å². The lowest BCUT2D eigenvalue weighted by Crippen LogP contribution is -2.44. The van der Waals surface area contributed by atoms with E-state index in [0.29, 0.717) is 30.3 Å². The van der Waals surface area contributed by atoms with Crippen molar-refractivity contribution in [3.8, 4) is 29.1 Å². The van der Waals surface area contributed by atoms with Crippen LogP contribution >= 0.6 is 0 Å². The van der Waals surface area contributed by atoms with E-state index in [-0.39, 0.29) is 0 Å². The lowest BCUT2D eigenvalue weighted by molar-refractivity contribution is 0.0736. The van der Waals surface area contributed by atoms with Crippen LogP contribution in [0.5, 0.6) is 17.2 Å². The summed E-state index contributed by atoms with van der Waals surface area (Å²) in [6.45, 7) is 3.39. The first-order valence-corrected chi connectivity index (χ1v) is 11.9. The van der Waals surface area contributed by atoms with Crippen molar-refractivity contribution in [3.63, 3.8) is 0 Å². The van der Waals surface area contributed by atoms with Crippen molar-refractivity contribution >= 4 is 22.4 Å². The molecular weight excluding hydrogens is 452 g/mol. The van der Waals surface area contributed by atoms with Crippen molar-refractivity contribution in [1.82, 2.24) is 15.3 Å². The standard InChI is InChI=1S/C29H28N4O3/c1-20-16-22(9-11-25(20)36-27-7-4-3-6-26(27)35-2)33-28-23-17-21(8-10-24(23)31-19-32-28)12-14-29(34)13-5-15-30-18-29/h3-4,6-11,16-17,19,30,34H,5,13,15,18H2,1-2H3,(H,31,32,33). The van der Waals surface area contributed by atoms with E-state index in [2.05, 4.69) is 32.4 Å².